The molecule has 0 aromatic heterocycles. The standard InChI is InChI=1S/C20H12ClF4NO3/c21-16-9-12(22)5-7-18(16)29-17-6-4-11(20(23,24)25)8-15(17)19(28)26-13-2-1-3-14(27)10-13/h1-2,4-10H,3H2,(H,26,28). The Morgan fingerprint density at radius 2 is 1.83 bits per heavy atom. The fraction of sp³-hybridized carbons (Fsp3) is 0.100. The van der Waals surface area contributed by atoms with Crippen LogP contribution in [0.3, 0.4) is 0 Å². The van der Waals surface area contributed by atoms with E-state index in [1.807, 2.05) is 0 Å². The number of benzene rings is 2. The first kappa shape index (κ1) is 20.6. The van der Waals surface area contributed by atoms with Crippen molar-refractivity contribution in [2.75, 3.05) is 0 Å². The molecule has 0 atom stereocenters. The van der Waals surface area contributed by atoms with Gasteiger partial charge in [0.15, 0.2) is 5.78 Å². The van der Waals surface area contributed by atoms with Crippen LogP contribution in [-0.4, -0.2) is 11.7 Å². The highest BCUT2D eigenvalue weighted by molar-refractivity contribution is 6.32. The van der Waals surface area contributed by atoms with Crippen molar-refractivity contribution in [1.29, 1.82) is 0 Å². The monoisotopic (exact) mass is 425 g/mol. The summed E-state index contributed by atoms with van der Waals surface area (Å²) in [5, 5.41) is 2.24. The highest BCUT2D eigenvalue weighted by atomic mass is 35.5. The van der Waals surface area contributed by atoms with Gasteiger partial charge in [0.2, 0.25) is 0 Å². The number of alkyl halides is 3. The molecule has 150 valence electrons. The van der Waals surface area contributed by atoms with Gasteiger partial charge in [0, 0.05) is 18.2 Å². The number of hydrogen-bond acceptors (Lipinski definition) is 3. The third kappa shape index (κ3) is 5.03. The fourth-order valence-electron chi connectivity index (χ4n) is 2.51. The molecule has 29 heavy (non-hydrogen) atoms. The van der Waals surface area contributed by atoms with Crippen LogP contribution in [-0.2, 0) is 11.0 Å². The highest BCUT2D eigenvalue weighted by Crippen LogP contribution is 2.36. The zero-order valence-electron chi connectivity index (χ0n) is 14.5. The maximum atomic E-state index is 13.2. The number of allylic oxidation sites excluding steroid dienone is 3. The predicted molar refractivity (Wildman–Crippen MR) is 97.2 cm³/mol. The van der Waals surface area contributed by atoms with Gasteiger partial charge in [0.1, 0.15) is 17.3 Å². The van der Waals surface area contributed by atoms with Crippen LogP contribution in [0.1, 0.15) is 22.3 Å². The molecule has 0 saturated heterocycles. The van der Waals surface area contributed by atoms with Gasteiger partial charge in [-0.05, 0) is 42.5 Å². The summed E-state index contributed by atoms with van der Waals surface area (Å²) >= 11 is 5.89. The summed E-state index contributed by atoms with van der Waals surface area (Å²) in [6.45, 7) is 0. The largest absolute Gasteiger partial charge is 0.455 e. The zero-order chi connectivity index (χ0) is 21.2. The Hall–Kier alpha value is -3.13. The molecule has 1 N–H and O–H groups in total. The van der Waals surface area contributed by atoms with Gasteiger partial charge in [-0.15, -0.1) is 0 Å². The third-order valence-corrected chi connectivity index (χ3v) is 4.15. The second-order valence-corrected chi connectivity index (χ2v) is 6.42. The van der Waals surface area contributed by atoms with Gasteiger partial charge < -0.3 is 10.1 Å². The Balaban J connectivity index is 1.98. The Morgan fingerprint density at radius 1 is 1.10 bits per heavy atom. The van der Waals surface area contributed by atoms with E-state index in [9.17, 15) is 27.2 Å². The minimum Gasteiger partial charge on any atom is -0.455 e. The molecule has 0 unspecified atom stereocenters. The second-order valence-electron chi connectivity index (χ2n) is 6.01. The van der Waals surface area contributed by atoms with Gasteiger partial charge in [-0.3, -0.25) is 9.59 Å². The van der Waals surface area contributed by atoms with Gasteiger partial charge in [-0.25, -0.2) is 4.39 Å². The van der Waals surface area contributed by atoms with E-state index in [-0.39, 0.29) is 34.4 Å². The Bertz CT molecular complexity index is 1040. The molecule has 1 amide bonds. The number of nitrogens with one attached hydrogen (secondary N) is 1. The molecule has 0 fully saturated rings. The maximum absolute atomic E-state index is 13.2. The number of ether oxygens (including phenoxy) is 1. The van der Waals surface area contributed by atoms with Crippen LogP contribution in [0.25, 0.3) is 0 Å². The summed E-state index contributed by atoms with van der Waals surface area (Å²) in [6.07, 6.45) is -0.381. The van der Waals surface area contributed by atoms with E-state index in [0.29, 0.717) is 6.07 Å². The lowest BCUT2D eigenvalue weighted by atomic mass is 10.1. The van der Waals surface area contributed by atoms with Gasteiger partial charge in [-0.2, -0.15) is 13.2 Å². The van der Waals surface area contributed by atoms with E-state index in [1.165, 1.54) is 24.3 Å². The van der Waals surface area contributed by atoms with E-state index >= 15 is 0 Å². The Kier molecular flexibility index (Phi) is 5.74. The summed E-state index contributed by atoms with van der Waals surface area (Å²) in [7, 11) is 0. The molecule has 4 nitrogen and oxygen atoms in total. The molecule has 0 aliphatic heterocycles. The number of rotatable bonds is 4. The molecule has 0 bridgehead atoms. The molecule has 0 saturated carbocycles. The van der Waals surface area contributed by atoms with Crippen molar-refractivity contribution in [3.05, 3.63) is 82.3 Å². The summed E-state index contributed by atoms with van der Waals surface area (Å²) in [4.78, 5) is 24.1. The van der Waals surface area contributed by atoms with E-state index in [0.717, 1.165) is 24.3 Å². The predicted octanol–water partition coefficient (Wildman–Crippen LogP) is 5.43. The molecular weight excluding hydrogens is 414 g/mol. The lowest BCUT2D eigenvalue weighted by Gasteiger charge is -2.16. The number of carbonyl (C=O) groups excluding carboxylic acids is 2. The van der Waals surface area contributed by atoms with Crippen molar-refractivity contribution in [3.8, 4) is 11.5 Å². The highest BCUT2D eigenvalue weighted by Gasteiger charge is 2.32. The quantitative estimate of drug-likeness (QED) is 0.664. The first-order chi connectivity index (χ1) is 13.6. The summed E-state index contributed by atoms with van der Waals surface area (Å²) < 4.78 is 58.0. The molecule has 0 radical (unpaired) electrons. The average Bonchev–Trinajstić information content (AvgIpc) is 2.63. The van der Waals surface area contributed by atoms with Gasteiger partial charge >= 0.3 is 6.18 Å². The van der Waals surface area contributed by atoms with Crippen LogP contribution in [0.15, 0.2) is 60.3 Å². The third-order valence-electron chi connectivity index (χ3n) is 3.86. The topological polar surface area (TPSA) is 55.4 Å². The van der Waals surface area contributed by atoms with Crippen LogP contribution < -0.4 is 10.1 Å². The second kappa shape index (κ2) is 8.08. The number of ketones is 1. The van der Waals surface area contributed by atoms with E-state index in [1.54, 1.807) is 0 Å². The normalized spacial score (nSPS) is 13.8. The van der Waals surface area contributed by atoms with Gasteiger partial charge in [0.05, 0.1) is 16.1 Å². The van der Waals surface area contributed by atoms with Gasteiger partial charge in [-0.1, -0.05) is 17.7 Å². The van der Waals surface area contributed by atoms with E-state index in [4.69, 9.17) is 16.3 Å². The van der Waals surface area contributed by atoms with Crippen molar-refractivity contribution in [2.24, 2.45) is 0 Å². The van der Waals surface area contributed by atoms with E-state index < -0.39 is 29.0 Å². The fourth-order valence-corrected chi connectivity index (χ4v) is 2.71. The number of hydrogen-bond donors (Lipinski definition) is 1. The SMILES string of the molecule is O=C1C=C(NC(=O)c2cc(C(F)(F)F)ccc2Oc2ccc(F)cc2Cl)C=CC1. The van der Waals surface area contributed by atoms with Crippen LogP contribution in [0.4, 0.5) is 17.6 Å². The minimum absolute atomic E-state index is 0.0474. The van der Waals surface area contributed by atoms with E-state index in [2.05, 4.69) is 5.32 Å². The van der Waals surface area contributed by atoms with Crippen molar-refractivity contribution >= 4 is 23.3 Å². The Labute approximate surface area is 167 Å². The van der Waals surface area contributed by atoms with Crippen LogP contribution >= 0.6 is 11.6 Å². The first-order valence-corrected chi connectivity index (χ1v) is 8.58. The molecule has 0 spiro atoms. The average molecular weight is 426 g/mol. The molecule has 0 heterocycles. The maximum Gasteiger partial charge on any atom is 0.416 e. The smallest absolute Gasteiger partial charge is 0.416 e. The molecule has 2 aromatic carbocycles. The molecule has 1 aliphatic carbocycles. The number of halogens is 5. The van der Waals surface area contributed by atoms with Crippen molar-refractivity contribution in [2.45, 2.75) is 12.6 Å². The molecular formula is C20H12ClF4NO3. The minimum atomic E-state index is -4.69. The van der Waals surface area contributed by atoms with Crippen LogP contribution in [0.2, 0.25) is 5.02 Å². The molecule has 9 heteroatoms. The first-order valence-electron chi connectivity index (χ1n) is 8.20. The molecule has 3 rings (SSSR count). The Morgan fingerprint density at radius 3 is 2.48 bits per heavy atom. The van der Waals surface area contributed by atoms with Crippen LogP contribution in [0, 0.1) is 5.82 Å². The van der Waals surface area contributed by atoms with Gasteiger partial charge in [0.25, 0.3) is 5.91 Å². The molecule has 1 aliphatic rings. The van der Waals surface area contributed by atoms with Crippen molar-refractivity contribution < 1.29 is 31.9 Å². The van der Waals surface area contributed by atoms with Crippen molar-refractivity contribution in [3.63, 3.8) is 0 Å². The lowest BCUT2D eigenvalue weighted by Crippen LogP contribution is -2.24. The lowest BCUT2D eigenvalue weighted by molar-refractivity contribution is -0.137. The van der Waals surface area contributed by atoms with Crippen LogP contribution in [0.5, 0.6) is 11.5 Å². The number of amides is 1. The zero-order valence-corrected chi connectivity index (χ0v) is 15.3. The molecule has 2 aromatic rings. The summed E-state index contributed by atoms with van der Waals surface area (Å²) in [6, 6.07) is 5.53. The summed E-state index contributed by atoms with van der Waals surface area (Å²) in [5.74, 6) is -2.09. The van der Waals surface area contributed by atoms with Crippen molar-refractivity contribution in [1.82, 2.24) is 5.32 Å². The summed E-state index contributed by atoms with van der Waals surface area (Å²) in [5.41, 5.74) is -1.37. The number of carbonyl (C=O) groups is 2.